The number of benzene rings is 1. The van der Waals surface area contributed by atoms with E-state index in [1.54, 1.807) is 22.7 Å². The van der Waals surface area contributed by atoms with E-state index in [1.807, 2.05) is 25.1 Å². The van der Waals surface area contributed by atoms with Crippen molar-refractivity contribution in [1.82, 2.24) is 4.98 Å². The molecule has 2 aromatic heterocycles. The van der Waals surface area contributed by atoms with Crippen LogP contribution in [0.15, 0.2) is 41.1 Å². The molecule has 0 saturated carbocycles. The second-order valence-electron chi connectivity index (χ2n) is 4.09. The summed E-state index contributed by atoms with van der Waals surface area (Å²) in [6, 6.07) is 10.2. The van der Waals surface area contributed by atoms with Crippen molar-refractivity contribution >= 4 is 28.4 Å². The van der Waals surface area contributed by atoms with Crippen molar-refractivity contribution in [1.29, 1.82) is 0 Å². The largest absolute Gasteiger partial charge is 0.398 e. The smallest absolute Gasteiger partial charge is 0.124 e. The highest BCUT2D eigenvalue weighted by molar-refractivity contribution is 7.15. The van der Waals surface area contributed by atoms with E-state index >= 15 is 0 Å². The Bertz CT molecular complexity index is 669. The topological polar surface area (TPSA) is 38.9 Å². The van der Waals surface area contributed by atoms with Crippen LogP contribution in [0, 0.1) is 6.92 Å². The number of hydrogen-bond acceptors (Lipinski definition) is 4. The minimum Gasteiger partial charge on any atom is -0.398 e. The Morgan fingerprint density at radius 3 is 2.78 bits per heavy atom. The molecule has 3 rings (SSSR count). The highest BCUT2D eigenvalue weighted by Gasteiger charge is 2.08. The van der Waals surface area contributed by atoms with Crippen LogP contribution in [0.4, 0.5) is 5.69 Å². The van der Waals surface area contributed by atoms with Crippen LogP contribution in [0.1, 0.15) is 5.56 Å². The second kappa shape index (κ2) is 4.55. The molecule has 0 fully saturated rings. The van der Waals surface area contributed by atoms with Gasteiger partial charge in [0.05, 0.1) is 10.6 Å². The summed E-state index contributed by atoms with van der Waals surface area (Å²) in [4.78, 5) is 5.87. The quantitative estimate of drug-likeness (QED) is 0.701. The molecule has 1 aromatic carbocycles. The molecule has 18 heavy (non-hydrogen) atoms. The summed E-state index contributed by atoms with van der Waals surface area (Å²) < 4.78 is 0. The van der Waals surface area contributed by atoms with Gasteiger partial charge in [-0.25, -0.2) is 4.98 Å². The normalized spacial score (nSPS) is 10.7. The molecule has 0 aliphatic rings. The number of aryl methyl sites for hydroxylation is 1. The minimum atomic E-state index is 0.820. The molecule has 0 aliphatic heterocycles. The monoisotopic (exact) mass is 272 g/mol. The zero-order valence-corrected chi connectivity index (χ0v) is 11.5. The fraction of sp³-hybridized carbons (Fsp3) is 0.0714. The lowest BCUT2D eigenvalue weighted by Crippen LogP contribution is -1.89. The molecule has 0 radical (unpaired) electrons. The Balaban J connectivity index is 2.00. The second-order valence-corrected chi connectivity index (χ2v) is 5.89. The summed E-state index contributed by atoms with van der Waals surface area (Å²) in [7, 11) is 0. The Hall–Kier alpha value is -1.65. The van der Waals surface area contributed by atoms with Crippen LogP contribution < -0.4 is 5.73 Å². The third-order valence-corrected chi connectivity index (χ3v) is 4.59. The Morgan fingerprint density at radius 1 is 1.17 bits per heavy atom. The Labute approximate surface area is 114 Å². The molecule has 4 heteroatoms. The fourth-order valence-corrected chi connectivity index (χ4v) is 3.30. The van der Waals surface area contributed by atoms with Crippen LogP contribution in [0.2, 0.25) is 0 Å². The number of anilines is 1. The predicted molar refractivity (Wildman–Crippen MR) is 80.0 cm³/mol. The zero-order chi connectivity index (χ0) is 12.5. The molecule has 3 aromatic rings. The number of rotatable bonds is 2. The van der Waals surface area contributed by atoms with Gasteiger partial charge in [0.15, 0.2) is 0 Å². The van der Waals surface area contributed by atoms with Crippen LogP contribution in [0.25, 0.3) is 21.1 Å². The van der Waals surface area contributed by atoms with E-state index in [2.05, 4.69) is 27.9 Å². The van der Waals surface area contributed by atoms with Crippen molar-refractivity contribution in [2.45, 2.75) is 6.92 Å². The minimum absolute atomic E-state index is 0.820. The van der Waals surface area contributed by atoms with Crippen molar-refractivity contribution in [3.8, 4) is 21.1 Å². The van der Waals surface area contributed by atoms with E-state index < -0.39 is 0 Å². The van der Waals surface area contributed by atoms with E-state index in [4.69, 9.17) is 5.73 Å². The fourth-order valence-electron chi connectivity index (χ4n) is 1.72. The first-order valence-electron chi connectivity index (χ1n) is 5.60. The highest BCUT2D eigenvalue weighted by atomic mass is 32.1. The van der Waals surface area contributed by atoms with Gasteiger partial charge in [-0.1, -0.05) is 18.2 Å². The van der Waals surface area contributed by atoms with Crippen molar-refractivity contribution in [2.24, 2.45) is 0 Å². The first kappa shape index (κ1) is 11.4. The van der Waals surface area contributed by atoms with Gasteiger partial charge < -0.3 is 5.73 Å². The average molecular weight is 272 g/mol. The molecule has 0 spiro atoms. The van der Waals surface area contributed by atoms with Gasteiger partial charge in [0.2, 0.25) is 0 Å². The van der Waals surface area contributed by atoms with Gasteiger partial charge in [-0.05, 0) is 30.0 Å². The van der Waals surface area contributed by atoms with Crippen molar-refractivity contribution < 1.29 is 0 Å². The van der Waals surface area contributed by atoms with Gasteiger partial charge in [0.25, 0.3) is 0 Å². The van der Waals surface area contributed by atoms with E-state index in [1.165, 1.54) is 4.88 Å². The van der Waals surface area contributed by atoms with Gasteiger partial charge in [-0.3, -0.25) is 0 Å². The van der Waals surface area contributed by atoms with Crippen LogP contribution in [0.3, 0.4) is 0 Å². The van der Waals surface area contributed by atoms with Crippen LogP contribution >= 0.6 is 22.7 Å². The van der Waals surface area contributed by atoms with Gasteiger partial charge in [-0.15, -0.1) is 22.7 Å². The maximum absolute atomic E-state index is 5.94. The number of nitrogen functional groups attached to an aromatic ring is 1. The molecule has 2 heterocycles. The average Bonchev–Trinajstić information content (AvgIpc) is 3.01. The lowest BCUT2D eigenvalue weighted by molar-refractivity contribution is 1.40. The van der Waals surface area contributed by atoms with E-state index in [9.17, 15) is 0 Å². The maximum atomic E-state index is 5.94. The number of nitrogens with two attached hydrogens (primary N) is 1. The van der Waals surface area contributed by atoms with Crippen molar-refractivity contribution in [3.63, 3.8) is 0 Å². The molecular weight excluding hydrogens is 260 g/mol. The Kier molecular flexibility index (Phi) is 2.89. The maximum Gasteiger partial charge on any atom is 0.124 e. The number of nitrogens with zero attached hydrogens (tertiary/aromatic N) is 1. The third kappa shape index (κ3) is 2.05. The SMILES string of the molecule is Cc1ccc(-c2nc(-c3cccs3)cs2)cc1N. The van der Waals surface area contributed by atoms with Crippen molar-refractivity contribution in [2.75, 3.05) is 5.73 Å². The molecule has 0 unspecified atom stereocenters. The molecule has 0 atom stereocenters. The van der Waals surface area contributed by atoms with E-state index in [0.717, 1.165) is 27.5 Å². The highest BCUT2D eigenvalue weighted by Crippen LogP contribution is 2.32. The van der Waals surface area contributed by atoms with Crippen molar-refractivity contribution in [3.05, 3.63) is 46.7 Å². The summed E-state index contributed by atoms with van der Waals surface area (Å²) in [5, 5.41) is 5.18. The number of aromatic nitrogens is 1. The van der Waals surface area contributed by atoms with E-state index in [0.29, 0.717) is 0 Å². The first-order chi connectivity index (χ1) is 8.74. The summed E-state index contributed by atoms with van der Waals surface area (Å²) in [6.45, 7) is 2.01. The molecule has 2 nitrogen and oxygen atoms in total. The number of hydrogen-bond donors (Lipinski definition) is 1. The van der Waals surface area contributed by atoms with E-state index in [-0.39, 0.29) is 0 Å². The van der Waals surface area contributed by atoms with Gasteiger partial charge in [0.1, 0.15) is 5.01 Å². The van der Waals surface area contributed by atoms with Gasteiger partial charge >= 0.3 is 0 Å². The summed E-state index contributed by atoms with van der Waals surface area (Å²) >= 11 is 3.37. The molecule has 0 amide bonds. The zero-order valence-electron chi connectivity index (χ0n) is 9.88. The molecule has 2 N–H and O–H groups in total. The molecule has 90 valence electrons. The molecule has 0 aliphatic carbocycles. The third-order valence-electron chi connectivity index (χ3n) is 2.80. The molecular formula is C14H12N2S2. The Morgan fingerprint density at radius 2 is 2.06 bits per heavy atom. The molecule has 0 bridgehead atoms. The number of thiophene rings is 1. The predicted octanol–water partition coefficient (Wildman–Crippen LogP) is 4.43. The molecule has 0 saturated heterocycles. The number of thiazole rings is 1. The lowest BCUT2D eigenvalue weighted by atomic mass is 10.1. The van der Waals surface area contributed by atoms with Gasteiger partial charge in [0, 0.05) is 16.6 Å². The first-order valence-corrected chi connectivity index (χ1v) is 7.36. The summed E-state index contributed by atoms with van der Waals surface area (Å²) in [5.41, 5.74) is 10.00. The van der Waals surface area contributed by atoms with Crippen LogP contribution in [0.5, 0.6) is 0 Å². The summed E-state index contributed by atoms with van der Waals surface area (Å²) in [6.07, 6.45) is 0. The van der Waals surface area contributed by atoms with Crippen LogP contribution in [-0.4, -0.2) is 4.98 Å². The van der Waals surface area contributed by atoms with Gasteiger partial charge in [-0.2, -0.15) is 0 Å². The summed E-state index contributed by atoms with van der Waals surface area (Å²) in [5.74, 6) is 0. The lowest BCUT2D eigenvalue weighted by Gasteiger charge is -2.01. The standard InChI is InChI=1S/C14H12N2S2/c1-9-4-5-10(7-11(9)15)14-16-12(8-18-14)13-3-2-6-17-13/h2-8H,15H2,1H3. The van der Waals surface area contributed by atoms with Crippen LogP contribution in [-0.2, 0) is 0 Å².